The molecule has 1 aliphatic heterocycles. The SMILES string of the molecule is Cc1c(NC(=O)c2cc(S(=O)(=O)N3CCOCC3)ccc2O)c(=O)n(-c2ccccc2)n1C. The molecule has 0 bridgehead atoms. The Morgan fingerprint density at radius 3 is 2.42 bits per heavy atom. The van der Waals surface area contributed by atoms with Crippen LogP contribution in [0.1, 0.15) is 16.1 Å². The van der Waals surface area contributed by atoms with Crippen molar-refractivity contribution in [1.82, 2.24) is 13.7 Å². The van der Waals surface area contributed by atoms with E-state index >= 15 is 0 Å². The Hall–Kier alpha value is -3.41. The molecule has 10 nitrogen and oxygen atoms in total. The summed E-state index contributed by atoms with van der Waals surface area (Å²) in [5, 5.41) is 12.8. The summed E-state index contributed by atoms with van der Waals surface area (Å²) >= 11 is 0. The summed E-state index contributed by atoms with van der Waals surface area (Å²) in [4.78, 5) is 25.9. The topological polar surface area (TPSA) is 123 Å². The van der Waals surface area contributed by atoms with Gasteiger partial charge in [-0.25, -0.2) is 13.1 Å². The second kappa shape index (κ2) is 8.85. The predicted octanol–water partition coefficient (Wildman–Crippen LogP) is 1.46. The minimum absolute atomic E-state index is 0.0344. The van der Waals surface area contributed by atoms with Crippen molar-refractivity contribution in [1.29, 1.82) is 0 Å². The Morgan fingerprint density at radius 1 is 1.09 bits per heavy atom. The lowest BCUT2D eigenvalue weighted by atomic mass is 10.2. The van der Waals surface area contributed by atoms with Crippen LogP contribution in [0.15, 0.2) is 58.2 Å². The molecule has 1 saturated heterocycles. The van der Waals surface area contributed by atoms with Crippen LogP contribution in [0.3, 0.4) is 0 Å². The van der Waals surface area contributed by atoms with E-state index in [0.717, 1.165) is 12.1 Å². The van der Waals surface area contributed by atoms with Crippen LogP contribution >= 0.6 is 0 Å². The fourth-order valence-corrected chi connectivity index (χ4v) is 5.12. The van der Waals surface area contributed by atoms with E-state index in [1.807, 2.05) is 6.07 Å². The number of aromatic hydroxyl groups is 1. The molecule has 11 heteroatoms. The second-order valence-corrected chi connectivity index (χ2v) is 9.52. The fraction of sp³-hybridized carbons (Fsp3) is 0.273. The number of hydrogen-bond donors (Lipinski definition) is 2. The maximum absolute atomic E-state index is 13.0. The molecule has 0 saturated carbocycles. The molecular formula is C22H24N4O6S. The Kier molecular flexibility index (Phi) is 6.11. The van der Waals surface area contributed by atoms with Gasteiger partial charge in [-0.15, -0.1) is 0 Å². The molecule has 0 aliphatic carbocycles. The van der Waals surface area contributed by atoms with Crippen molar-refractivity contribution in [2.24, 2.45) is 7.05 Å². The van der Waals surface area contributed by atoms with E-state index in [4.69, 9.17) is 4.74 Å². The fourth-order valence-electron chi connectivity index (χ4n) is 3.69. The van der Waals surface area contributed by atoms with E-state index in [2.05, 4.69) is 5.32 Å². The molecule has 1 amide bonds. The molecule has 2 heterocycles. The van der Waals surface area contributed by atoms with E-state index in [1.165, 1.54) is 15.1 Å². The first-order valence-electron chi connectivity index (χ1n) is 10.3. The summed E-state index contributed by atoms with van der Waals surface area (Å²) in [5.74, 6) is -1.19. The van der Waals surface area contributed by atoms with Crippen LogP contribution in [-0.4, -0.2) is 59.4 Å². The van der Waals surface area contributed by atoms with Crippen molar-refractivity contribution in [3.63, 3.8) is 0 Å². The summed E-state index contributed by atoms with van der Waals surface area (Å²) in [7, 11) is -2.18. The summed E-state index contributed by atoms with van der Waals surface area (Å²) in [5.41, 5.74) is 0.445. The first-order valence-corrected chi connectivity index (χ1v) is 11.7. The van der Waals surface area contributed by atoms with Crippen LogP contribution in [-0.2, 0) is 21.8 Å². The van der Waals surface area contributed by atoms with Crippen molar-refractivity contribution in [2.45, 2.75) is 11.8 Å². The third-order valence-corrected chi connectivity index (χ3v) is 7.51. The van der Waals surface area contributed by atoms with Gasteiger partial charge in [0.2, 0.25) is 10.0 Å². The number of para-hydroxylation sites is 1. The first-order chi connectivity index (χ1) is 15.7. The van der Waals surface area contributed by atoms with Gasteiger partial charge in [-0.05, 0) is 37.3 Å². The molecule has 3 aromatic rings. The number of nitrogens with zero attached hydrogens (tertiary/aromatic N) is 3. The van der Waals surface area contributed by atoms with Crippen molar-refractivity contribution in [2.75, 3.05) is 31.6 Å². The normalized spacial score (nSPS) is 14.8. The molecule has 2 aromatic carbocycles. The Morgan fingerprint density at radius 2 is 1.76 bits per heavy atom. The molecule has 2 N–H and O–H groups in total. The average Bonchev–Trinajstić information content (AvgIpc) is 3.03. The zero-order chi connectivity index (χ0) is 23.8. The van der Waals surface area contributed by atoms with Crippen LogP contribution in [0.2, 0.25) is 0 Å². The maximum Gasteiger partial charge on any atom is 0.295 e. The highest BCUT2D eigenvalue weighted by molar-refractivity contribution is 7.89. The number of morpholine rings is 1. The molecule has 0 spiro atoms. The summed E-state index contributed by atoms with van der Waals surface area (Å²) < 4.78 is 35.4. The standard InChI is InChI=1S/C22H24N4O6S/c1-15-20(22(29)26(24(15)2)16-6-4-3-5-7-16)23-21(28)18-14-17(8-9-19(18)27)33(30,31)25-10-12-32-13-11-25/h3-9,14,27H,10-13H2,1-2H3,(H,23,28). The number of carbonyl (C=O) groups excluding carboxylic acids is 1. The molecule has 1 aliphatic rings. The van der Waals surface area contributed by atoms with E-state index in [-0.39, 0.29) is 42.4 Å². The third-order valence-electron chi connectivity index (χ3n) is 5.61. The Balaban J connectivity index is 1.68. The maximum atomic E-state index is 13.0. The lowest BCUT2D eigenvalue weighted by molar-refractivity contribution is 0.0730. The van der Waals surface area contributed by atoms with Crippen molar-refractivity contribution >= 4 is 21.6 Å². The number of benzene rings is 2. The largest absolute Gasteiger partial charge is 0.507 e. The monoisotopic (exact) mass is 472 g/mol. The Bertz CT molecular complexity index is 1360. The number of phenolic OH excluding ortho intramolecular Hbond substituents is 1. The predicted molar refractivity (Wildman–Crippen MR) is 121 cm³/mol. The number of aromatic nitrogens is 2. The van der Waals surface area contributed by atoms with Crippen LogP contribution in [0.5, 0.6) is 5.75 Å². The van der Waals surface area contributed by atoms with Crippen LogP contribution < -0.4 is 10.9 Å². The Labute approximate surface area is 190 Å². The molecule has 0 atom stereocenters. The molecule has 1 aromatic heterocycles. The quantitative estimate of drug-likeness (QED) is 0.580. The van der Waals surface area contributed by atoms with Gasteiger partial charge in [0.15, 0.2) is 0 Å². The highest BCUT2D eigenvalue weighted by Gasteiger charge is 2.28. The summed E-state index contributed by atoms with van der Waals surface area (Å²) in [6, 6.07) is 12.4. The number of hydrogen-bond acceptors (Lipinski definition) is 6. The number of amides is 1. The van der Waals surface area contributed by atoms with E-state index in [1.54, 1.807) is 42.9 Å². The highest BCUT2D eigenvalue weighted by Crippen LogP contribution is 2.25. The number of anilines is 1. The van der Waals surface area contributed by atoms with Gasteiger partial charge in [-0.3, -0.25) is 14.3 Å². The average molecular weight is 473 g/mol. The van der Waals surface area contributed by atoms with Crippen molar-refractivity contribution in [3.05, 3.63) is 70.1 Å². The second-order valence-electron chi connectivity index (χ2n) is 7.59. The zero-order valence-electron chi connectivity index (χ0n) is 18.2. The van der Waals surface area contributed by atoms with E-state index in [0.29, 0.717) is 11.4 Å². The van der Waals surface area contributed by atoms with Gasteiger partial charge in [0.05, 0.1) is 35.1 Å². The lowest BCUT2D eigenvalue weighted by Gasteiger charge is -2.26. The molecule has 1 fully saturated rings. The minimum Gasteiger partial charge on any atom is -0.507 e. The number of phenols is 1. The van der Waals surface area contributed by atoms with Crippen LogP contribution in [0, 0.1) is 6.92 Å². The molecule has 33 heavy (non-hydrogen) atoms. The van der Waals surface area contributed by atoms with Crippen molar-refractivity contribution in [3.8, 4) is 11.4 Å². The third kappa shape index (κ3) is 4.17. The van der Waals surface area contributed by atoms with Gasteiger partial charge in [0.1, 0.15) is 11.4 Å². The van der Waals surface area contributed by atoms with Crippen LogP contribution in [0.25, 0.3) is 5.69 Å². The number of ether oxygens (including phenoxy) is 1. The van der Waals surface area contributed by atoms with Gasteiger partial charge in [-0.2, -0.15) is 4.31 Å². The molecule has 174 valence electrons. The first kappa shape index (κ1) is 22.8. The number of carbonyl (C=O) groups is 1. The van der Waals surface area contributed by atoms with Gasteiger partial charge in [0, 0.05) is 20.1 Å². The van der Waals surface area contributed by atoms with Gasteiger partial charge < -0.3 is 15.2 Å². The minimum atomic E-state index is -3.87. The number of sulfonamides is 1. The summed E-state index contributed by atoms with van der Waals surface area (Å²) in [6.45, 7) is 2.65. The smallest absolute Gasteiger partial charge is 0.295 e. The van der Waals surface area contributed by atoms with Crippen molar-refractivity contribution < 1.29 is 23.1 Å². The van der Waals surface area contributed by atoms with Crippen LogP contribution in [0.4, 0.5) is 5.69 Å². The molecule has 0 radical (unpaired) electrons. The van der Waals surface area contributed by atoms with Gasteiger partial charge in [-0.1, -0.05) is 18.2 Å². The van der Waals surface area contributed by atoms with E-state index < -0.39 is 27.2 Å². The highest BCUT2D eigenvalue weighted by atomic mass is 32.2. The molecule has 0 unspecified atom stereocenters. The summed E-state index contributed by atoms with van der Waals surface area (Å²) in [6.07, 6.45) is 0. The molecule has 4 rings (SSSR count). The number of nitrogens with one attached hydrogen (secondary N) is 1. The zero-order valence-corrected chi connectivity index (χ0v) is 19.0. The van der Waals surface area contributed by atoms with E-state index in [9.17, 15) is 23.1 Å². The number of rotatable bonds is 5. The van der Waals surface area contributed by atoms with Gasteiger partial charge >= 0.3 is 0 Å². The lowest BCUT2D eigenvalue weighted by Crippen LogP contribution is -2.40. The van der Waals surface area contributed by atoms with Gasteiger partial charge in [0.25, 0.3) is 11.5 Å². The molecular weight excluding hydrogens is 448 g/mol.